The summed E-state index contributed by atoms with van der Waals surface area (Å²) in [5, 5.41) is 2.60. The van der Waals surface area contributed by atoms with E-state index in [2.05, 4.69) is 5.32 Å². The first-order valence-corrected chi connectivity index (χ1v) is 8.40. The predicted molar refractivity (Wildman–Crippen MR) is 101 cm³/mol. The minimum atomic E-state index is -0.100. The number of nitrogens with one attached hydrogen (secondary N) is 1. The van der Waals surface area contributed by atoms with Gasteiger partial charge in [0.15, 0.2) is 0 Å². The van der Waals surface area contributed by atoms with Crippen molar-refractivity contribution in [3.05, 3.63) is 65.7 Å². The second-order valence-electron chi connectivity index (χ2n) is 5.92. The molecule has 0 radical (unpaired) electrons. The summed E-state index contributed by atoms with van der Waals surface area (Å²) in [5.41, 5.74) is 2.61. The fraction of sp³-hybridized carbons (Fsp3) is 0.300. The Bertz CT molecular complexity index is 699. The van der Waals surface area contributed by atoms with E-state index in [9.17, 15) is 9.59 Å². The van der Waals surface area contributed by atoms with E-state index in [1.807, 2.05) is 61.3 Å². The van der Waals surface area contributed by atoms with E-state index >= 15 is 0 Å². The molecular weight excluding hydrogens is 314 g/mol. The van der Waals surface area contributed by atoms with Crippen LogP contribution in [0.25, 0.3) is 0 Å². The van der Waals surface area contributed by atoms with E-state index in [1.54, 1.807) is 24.1 Å². The summed E-state index contributed by atoms with van der Waals surface area (Å²) in [5.74, 6) is -0.0327. The van der Waals surface area contributed by atoms with Gasteiger partial charge in [0.05, 0.1) is 6.54 Å². The van der Waals surface area contributed by atoms with Crippen LogP contribution in [-0.4, -0.2) is 43.9 Å². The van der Waals surface area contributed by atoms with Crippen LogP contribution in [0.4, 0.5) is 5.69 Å². The number of amides is 2. The standard InChI is InChI=1S/C20H25N3O2/c1-4-23(18-8-6-5-7-9-18)19(24)15-22(3)14-16-10-12-17(13-11-16)20(25)21-2/h5-13H,4,14-15H2,1-3H3,(H,21,25). The van der Waals surface area contributed by atoms with Crippen molar-refractivity contribution in [1.82, 2.24) is 10.2 Å². The normalized spacial score (nSPS) is 10.6. The Morgan fingerprint density at radius 1 is 1.00 bits per heavy atom. The molecule has 0 atom stereocenters. The lowest BCUT2D eigenvalue weighted by atomic mass is 10.1. The van der Waals surface area contributed by atoms with E-state index in [1.165, 1.54) is 0 Å². The number of para-hydroxylation sites is 1. The van der Waals surface area contributed by atoms with Gasteiger partial charge in [-0.2, -0.15) is 0 Å². The van der Waals surface area contributed by atoms with Crippen molar-refractivity contribution in [2.24, 2.45) is 0 Å². The van der Waals surface area contributed by atoms with Crippen molar-refractivity contribution in [3.63, 3.8) is 0 Å². The molecule has 1 N–H and O–H groups in total. The molecule has 0 aliphatic heterocycles. The molecule has 2 amide bonds. The second kappa shape index (κ2) is 8.99. The molecule has 0 aliphatic rings. The molecule has 25 heavy (non-hydrogen) atoms. The van der Waals surface area contributed by atoms with Crippen molar-refractivity contribution >= 4 is 17.5 Å². The van der Waals surface area contributed by atoms with Gasteiger partial charge in [0.1, 0.15) is 0 Å². The van der Waals surface area contributed by atoms with Gasteiger partial charge in [0.25, 0.3) is 5.91 Å². The first-order valence-electron chi connectivity index (χ1n) is 8.40. The molecule has 0 aliphatic carbocycles. The maximum Gasteiger partial charge on any atom is 0.251 e. The summed E-state index contributed by atoms with van der Waals surface area (Å²) in [4.78, 5) is 27.9. The molecule has 0 unspecified atom stereocenters. The van der Waals surface area contributed by atoms with Crippen LogP contribution in [0.5, 0.6) is 0 Å². The Morgan fingerprint density at radius 2 is 1.64 bits per heavy atom. The van der Waals surface area contributed by atoms with E-state index < -0.39 is 0 Å². The zero-order valence-corrected chi connectivity index (χ0v) is 15.0. The van der Waals surface area contributed by atoms with Crippen LogP contribution in [-0.2, 0) is 11.3 Å². The van der Waals surface area contributed by atoms with Gasteiger partial charge in [0.2, 0.25) is 5.91 Å². The fourth-order valence-electron chi connectivity index (χ4n) is 2.70. The minimum Gasteiger partial charge on any atom is -0.355 e. The van der Waals surface area contributed by atoms with E-state index in [4.69, 9.17) is 0 Å². The molecule has 5 heteroatoms. The summed E-state index contributed by atoms with van der Waals surface area (Å²) in [7, 11) is 3.53. The van der Waals surface area contributed by atoms with Gasteiger partial charge in [-0.15, -0.1) is 0 Å². The zero-order valence-electron chi connectivity index (χ0n) is 15.0. The van der Waals surface area contributed by atoms with Crippen LogP contribution < -0.4 is 10.2 Å². The number of carbonyl (C=O) groups is 2. The molecule has 2 rings (SSSR count). The number of likely N-dealkylation sites (N-methyl/N-ethyl adjacent to an activating group) is 2. The number of nitrogens with zero attached hydrogens (tertiary/aromatic N) is 2. The summed E-state index contributed by atoms with van der Waals surface area (Å²) in [6.07, 6.45) is 0. The maximum atomic E-state index is 12.6. The average Bonchev–Trinajstić information content (AvgIpc) is 2.63. The lowest BCUT2D eigenvalue weighted by Gasteiger charge is -2.24. The summed E-state index contributed by atoms with van der Waals surface area (Å²) < 4.78 is 0. The van der Waals surface area contributed by atoms with E-state index in [0.29, 0.717) is 25.2 Å². The SMILES string of the molecule is CCN(C(=O)CN(C)Cc1ccc(C(=O)NC)cc1)c1ccccc1. The molecule has 0 saturated heterocycles. The third-order valence-electron chi connectivity index (χ3n) is 3.99. The fourth-order valence-corrected chi connectivity index (χ4v) is 2.70. The lowest BCUT2D eigenvalue weighted by Crippen LogP contribution is -2.38. The number of anilines is 1. The lowest BCUT2D eigenvalue weighted by molar-refractivity contribution is -0.119. The Morgan fingerprint density at radius 3 is 2.20 bits per heavy atom. The predicted octanol–water partition coefficient (Wildman–Crippen LogP) is 2.53. The summed E-state index contributed by atoms with van der Waals surface area (Å²) in [6, 6.07) is 17.1. The number of carbonyl (C=O) groups excluding carboxylic acids is 2. The third-order valence-corrected chi connectivity index (χ3v) is 3.99. The van der Waals surface area contributed by atoms with Crippen molar-refractivity contribution in [2.45, 2.75) is 13.5 Å². The van der Waals surface area contributed by atoms with Gasteiger partial charge < -0.3 is 10.2 Å². The molecule has 5 nitrogen and oxygen atoms in total. The molecule has 0 bridgehead atoms. The Balaban J connectivity index is 1.95. The van der Waals surface area contributed by atoms with Gasteiger partial charge in [-0.05, 0) is 43.8 Å². The number of benzene rings is 2. The molecule has 0 saturated carbocycles. The quantitative estimate of drug-likeness (QED) is 0.843. The third kappa shape index (κ3) is 5.16. The molecule has 0 fully saturated rings. The molecule has 0 heterocycles. The van der Waals surface area contributed by atoms with E-state index in [-0.39, 0.29) is 11.8 Å². The molecule has 2 aromatic rings. The van der Waals surface area contributed by atoms with Crippen LogP contribution in [0.3, 0.4) is 0 Å². The Labute approximate surface area is 149 Å². The van der Waals surface area contributed by atoms with Crippen molar-refractivity contribution in [1.29, 1.82) is 0 Å². The molecular formula is C20H25N3O2. The van der Waals surface area contributed by atoms with Crippen molar-refractivity contribution < 1.29 is 9.59 Å². The highest BCUT2D eigenvalue weighted by Crippen LogP contribution is 2.14. The highest BCUT2D eigenvalue weighted by molar-refractivity contribution is 5.95. The van der Waals surface area contributed by atoms with Crippen LogP contribution in [0.15, 0.2) is 54.6 Å². The van der Waals surface area contributed by atoms with Crippen molar-refractivity contribution in [3.8, 4) is 0 Å². The maximum absolute atomic E-state index is 12.6. The number of hydrogen-bond donors (Lipinski definition) is 1. The first-order chi connectivity index (χ1) is 12.0. The highest BCUT2D eigenvalue weighted by Gasteiger charge is 2.15. The van der Waals surface area contributed by atoms with Gasteiger partial charge >= 0.3 is 0 Å². The zero-order chi connectivity index (χ0) is 18.2. The molecule has 0 spiro atoms. The largest absolute Gasteiger partial charge is 0.355 e. The topological polar surface area (TPSA) is 52.7 Å². The van der Waals surface area contributed by atoms with Gasteiger partial charge in [-0.3, -0.25) is 14.5 Å². The molecule has 0 aromatic heterocycles. The molecule has 2 aromatic carbocycles. The number of hydrogen-bond acceptors (Lipinski definition) is 3. The second-order valence-corrected chi connectivity index (χ2v) is 5.92. The summed E-state index contributed by atoms with van der Waals surface area (Å²) in [6.45, 7) is 3.59. The van der Waals surface area contributed by atoms with E-state index in [0.717, 1.165) is 11.3 Å². The van der Waals surface area contributed by atoms with Gasteiger partial charge in [-0.1, -0.05) is 30.3 Å². The summed E-state index contributed by atoms with van der Waals surface area (Å²) >= 11 is 0. The Hall–Kier alpha value is -2.66. The van der Waals surface area contributed by atoms with Crippen molar-refractivity contribution in [2.75, 3.05) is 32.1 Å². The minimum absolute atomic E-state index is 0.0678. The monoisotopic (exact) mass is 339 g/mol. The first kappa shape index (κ1) is 18.7. The van der Waals surface area contributed by atoms with Crippen LogP contribution in [0.1, 0.15) is 22.8 Å². The molecule has 132 valence electrons. The highest BCUT2D eigenvalue weighted by atomic mass is 16.2. The van der Waals surface area contributed by atoms with Crippen LogP contribution >= 0.6 is 0 Å². The number of rotatable bonds is 7. The van der Waals surface area contributed by atoms with Crippen LogP contribution in [0.2, 0.25) is 0 Å². The van der Waals surface area contributed by atoms with Gasteiger partial charge in [-0.25, -0.2) is 0 Å². The van der Waals surface area contributed by atoms with Gasteiger partial charge in [0, 0.05) is 31.4 Å². The Kier molecular flexibility index (Phi) is 6.71. The average molecular weight is 339 g/mol. The van der Waals surface area contributed by atoms with Crippen LogP contribution in [0, 0.1) is 0 Å². The smallest absolute Gasteiger partial charge is 0.251 e.